The maximum atomic E-state index is 13.9. The van der Waals surface area contributed by atoms with Crippen molar-refractivity contribution < 1.29 is 17.5 Å². The van der Waals surface area contributed by atoms with Crippen LogP contribution in [-0.4, -0.2) is 28.1 Å². The molecule has 0 amide bonds. The van der Waals surface area contributed by atoms with Crippen LogP contribution in [-0.2, 0) is 10.0 Å². The first-order valence-corrected chi connectivity index (χ1v) is 7.93. The maximum absolute atomic E-state index is 13.9. The zero-order valence-electron chi connectivity index (χ0n) is 11.9. The smallest absolute Gasteiger partial charge is 0.240 e. The van der Waals surface area contributed by atoms with Crippen LogP contribution in [0.1, 0.15) is 18.4 Å². The van der Waals surface area contributed by atoms with Crippen molar-refractivity contribution in [3.05, 3.63) is 23.5 Å². The first-order valence-electron chi connectivity index (χ1n) is 6.45. The molecular formula is C13H20ClFN2O3S. The molecule has 2 rings (SSSR count). The topological polar surface area (TPSA) is 81.4 Å². The molecule has 0 bridgehead atoms. The van der Waals surface area contributed by atoms with Crippen LogP contribution < -0.4 is 15.2 Å². The Morgan fingerprint density at radius 2 is 2.10 bits per heavy atom. The van der Waals surface area contributed by atoms with E-state index in [-0.39, 0.29) is 41.2 Å². The van der Waals surface area contributed by atoms with Crippen LogP contribution in [0.4, 0.5) is 4.39 Å². The summed E-state index contributed by atoms with van der Waals surface area (Å²) in [6.07, 6.45) is 2.08. The van der Waals surface area contributed by atoms with Gasteiger partial charge in [0.1, 0.15) is 0 Å². The van der Waals surface area contributed by atoms with Crippen LogP contribution in [0.3, 0.4) is 0 Å². The van der Waals surface area contributed by atoms with Crippen molar-refractivity contribution in [2.75, 3.05) is 13.7 Å². The number of halogens is 2. The van der Waals surface area contributed by atoms with Gasteiger partial charge in [0.25, 0.3) is 0 Å². The fraction of sp³-hybridized carbons (Fsp3) is 0.538. The van der Waals surface area contributed by atoms with Gasteiger partial charge >= 0.3 is 0 Å². The minimum Gasteiger partial charge on any atom is -0.494 e. The molecule has 1 unspecified atom stereocenters. The number of rotatable bonds is 6. The highest BCUT2D eigenvalue weighted by atomic mass is 35.5. The normalized spacial score (nSPS) is 16.2. The van der Waals surface area contributed by atoms with Crippen molar-refractivity contribution in [3.63, 3.8) is 0 Å². The first-order chi connectivity index (χ1) is 9.36. The molecule has 8 heteroatoms. The fourth-order valence-corrected chi connectivity index (χ4v) is 3.37. The summed E-state index contributed by atoms with van der Waals surface area (Å²) in [5, 5.41) is 0. The lowest BCUT2D eigenvalue weighted by Gasteiger charge is -2.14. The Bertz CT molecular complexity index is 606. The highest BCUT2D eigenvalue weighted by Crippen LogP contribution is 2.31. The second-order valence-corrected chi connectivity index (χ2v) is 6.79. The highest BCUT2D eigenvalue weighted by Gasteiger charge is 2.30. The van der Waals surface area contributed by atoms with Crippen LogP contribution in [0.25, 0.3) is 0 Å². The van der Waals surface area contributed by atoms with E-state index in [9.17, 15) is 12.8 Å². The summed E-state index contributed by atoms with van der Waals surface area (Å²) in [4.78, 5) is -0.0844. The number of nitrogens with two attached hydrogens (primary N) is 1. The van der Waals surface area contributed by atoms with Gasteiger partial charge < -0.3 is 10.5 Å². The molecule has 1 aliphatic carbocycles. The number of methoxy groups -OCH3 is 1. The van der Waals surface area contributed by atoms with Crippen molar-refractivity contribution in [2.24, 2.45) is 11.7 Å². The Labute approximate surface area is 130 Å². The van der Waals surface area contributed by atoms with Crippen LogP contribution in [0.15, 0.2) is 17.0 Å². The van der Waals surface area contributed by atoms with Crippen molar-refractivity contribution in [1.82, 2.24) is 4.72 Å². The van der Waals surface area contributed by atoms with E-state index in [4.69, 9.17) is 10.5 Å². The summed E-state index contributed by atoms with van der Waals surface area (Å²) in [7, 11) is -2.43. The molecule has 3 N–H and O–H groups in total. The molecule has 0 radical (unpaired) electrons. The number of nitrogens with one attached hydrogen (secondary N) is 1. The molecule has 0 spiro atoms. The Morgan fingerprint density at radius 1 is 1.48 bits per heavy atom. The van der Waals surface area contributed by atoms with Crippen LogP contribution in [0.5, 0.6) is 5.75 Å². The van der Waals surface area contributed by atoms with E-state index in [1.807, 2.05) is 0 Å². The molecule has 0 aromatic heterocycles. The summed E-state index contributed by atoms with van der Waals surface area (Å²) in [6.45, 7) is 1.58. The molecule has 1 aliphatic rings. The largest absolute Gasteiger partial charge is 0.494 e. The Hall–Kier alpha value is -0.890. The molecule has 120 valence electrons. The predicted octanol–water partition coefficient (Wildman–Crippen LogP) is 1.58. The third kappa shape index (κ3) is 4.06. The van der Waals surface area contributed by atoms with Crippen LogP contribution in [0.2, 0.25) is 0 Å². The second kappa shape index (κ2) is 6.91. The molecular weight excluding hydrogens is 319 g/mol. The zero-order chi connectivity index (χ0) is 14.9. The molecule has 0 saturated heterocycles. The summed E-state index contributed by atoms with van der Waals surface area (Å²) in [5.74, 6) is -0.246. The van der Waals surface area contributed by atoms with Crippen LogP contribution in [0, 0.1) is 18.7 Å². The van der Waals surface area contributed by atoms with Gasteiger partial charge in [0.05, 0.1) is 12.0 Å². The number of hydrogen-bond donors (Lipinski definition) is 2. The average molecular weight is 339 g/mol. The highest BCUT2D eigenvalue weighted by molar-refractivity contribution is 7.89. The van der Waals surface area contributed by atoms with Crippen molar-refractivity contribution in [1.29, 1.82) is 0 Å². The number of hydrogen-bond acceptors (Lipinski definition) is 4. The van der Waals surface area contributed by atoms with Crippen molar-refractivity contribution >= 4 is 22.4 Å². The van der Waals surface area contributed by atoms with Gasteiger partial charge in [-0.3, -0.25) is 0 Å². The first kappa shape index (κ1) is 18.2. The maximum Gasteiger partial charge on any atom is 0.240 e. The van der Waals surface area contributed by atoms with Gasteiger partial charge in [0, 0.05) is 18.2 Å². The minimum absolute atomic E-state index is 0. The van der Waals surface area contributed by atoms with E-state index in [1.54, 1.807) is 0 Å². The third-order valence-corrected chi connectivity index (χ3v) is 5.12. The van der Waals surface area contributed by atoms with Gasteiger partial charge in [-0.2, -0.15) is 0 Å². The number of ether oxygens (including phenoxy) is 1. The molecule has 1 saturated carbocycles. The lowest BCUT2D eigenvalue weighted by atomic mass is 10.2. The lowest BCUT2D eigenvalue weighted by Crippen LogP contribution is -2.38. The third-order valence-electron chi connectivity index (χ3n) is 3.55. The minimum atomic E-state index is -3.76. The zero-order valence-corrected chi connectivity index (χ0v) is 13.6. The standard InChI is InChI=1S/C13H19FN2O3S.ClH/c1-8-12(6-5-11(19-2)13(8)14)20(17,18)16-7-10(15)9-3-4-9;/h5-6,9-10,16H,3-4,7,15H2,1-2H3;1H. The van der Waals surface area contributed by atoms with Crippen LogP contribution >= 0.6 is 12.4 Å². The van der Waals surface area contributed by atoms with Gasteiger partial charge in [0.2, 0.25) is 10.0 Å². The Balaban J connectivity index is 0.00000220. The molecule has 21 heavy (non-hydrogen) atoms. The Morgan fingerprint density at radius 3 is 2.62 bits per heavy atom. The van der Waals surface area contributed by atoms with Gasteiger partial charge in [-0.05, 0) is 37.8 Å². The Kier molecular flexibility index (Phi) is 5.98. The van der Waals surface area contributed by atoms with Gasteiger partial charge in [-0.15, -0.1) is 12.4 Å². The summed E-state index contributed by atoms with van der Waals surface area (Å²) < 4.78 is 45.5. The second-order valence-electron chi connectivity index (χ2n) is 5.06. The monoisotopic (exact) mass is 338 g/mol. The molecule has 0 aliphatic heterocycles. The quantitative estimate of drug-likeness (QED) is 0.825. The molecule has 0 heterocycles. The molecule has 1 fully saturated rings. The molecule has 5 nitrogen and oxygen atoms in total. The number of benzene rings is 1. The van der Waals surface area contributed by atoms with Crippen molar-refractivity contribution in [2.45, 2.75) is 30.7 Å². The van der Waals surface area contributed by atoms with E-state index >= 15 is 0 Å². The molecule has 1 aromatic carbocycles. The van der Waals surface area contributed by atoms with Gasteiger partial charge in [0.15, 0.2) is 11.6 Å². The van der Waals surface area contributed by atoms with E-state index < -0.39 is 15.8 Å². The predicted molar refractivity (Wildman–Crippen MR) is 80.8 cm³/mol. The van der Waals surface area contributed by atoms with Gasteiger partial charge in [-0.1, -0.05) is 0 Å². The lowest BCUT2D eigenvalue weighted by molar-refractivity contribution is 0.384. The summed E-state index contributed by atoms with van der Waals surface area (Å²) in [6, 6.07) is 2.45. The summed E-state index contributed by atoms with van der Waals surface area (Å²) in [5.41, 5.74) is 5.90. The molecule has 1 atom stereocenters. The molecule has 1 aromatic rings. The average Bonchev–Trinajstić information content (AvgIpc) is 3.23. The van der Waals surface area contributed by atoms with E-state index in [0.717, 1.165) is 12.8 Å². The van der Waals surface area contributed by atoms with E-state index in [1.165, 1.54) is 26.2 Å². The van der Waals surface area contributed by atoms with E-state index in [0.29, 0.717) is 5.92 Å². The number of sulfonamides is 1. The van der Waals surface area contributed by atoms with Crippen molar-refractivity contribution in [3.8, 4) is 5.75 Å². The van der Waals surface area contributed by atoms with Gasteiger partial charge in [-0.25, -0.2) is 17.5 Å². The SMILES string of the molecule is COc1ccc(S(=O)(=O)NCC(N)C2CC2)c(C)c1F.Cl. The fourth-order valence-electron chi connectivity index (χ4n) is 2.07. The summed E-state index contributed by atoms with van der Waals surface area (Å²) >= 11 is 0. The van der Waals surface area contributed by atoms with E-state index in [2.05, 4.69) is 4.72 Å².